The van der Waals surface area contributed by atoms with Gasteiger partial charge in [-0.2, -0.15) is 0 Å². The Morgan fingerprint density at radius 1 is 1.60 bits per heavy atom. The Kier molecular flexibility index (Phi) is 17.9. The van der Waals surface area contributed by atoms with Gasteiger partial charge in [-0.1, -0.05) is 13.2 Å². The molecule has 0 aromatic heterocycles. The van der Waals surface area contributed by atoms with Gasteiger partial charge in [0.15, 0.2) is 0 Å². The van der Waals surface area contributed by atoms with Crippen LogP contribution in [0.5, 0.6) is 0 Å². The molecule has 0 fully saturated rings. The zero-order valence-electron chi connectivity index (χ0n) is 6.04. The lowest BCUT2D eigenvalue weighted by Crippen LogP contribution is -1.58. The van der Waals surface area contributed by atoms with Crippen LogP contribution in [0, 0.1) is 0 Å². The van der Waals surface area contributed by atoms with Gasteiger partial charge in [-0.15, -0.1) is 0 Å². The number of rotatable bonds is 3. The molecular weight excluding hydrogens is 130 g/mol. The largest absolute Gasteiger partial charge is 0.474 e. The molecule has 10 heavy (non-hydrogen) atoms. The molecule has 0 atom stereocenters. The first kappa shape index (κ1) is 11.5. The van der Waals surface area contributed by atoms with E-state index >= 15 is 0 Å². The van der Waals surface area contributed by atoms with Crippen LogP contribution in [0.4, 0.5) is 0 Å². The van der Waals surface area contributed by atoms with Crippen molar-refractivity contribution in [1.29, 1.82) is 0 Å². The van der Waals surface area contributed by atoms with Crippen molar-refractivity contribution in [3.63, 3.8) is 0 Å². The van der Waals surface area contributed by atoms with E-state index in [-0.39, 0.29) is 0 Å². The molecule has 0 aromatic carbocycles. The lowest BCUT2D eigenvalue weighted by Gasteiger charge is -1.76. The molecule has 0 spiro atoms. The van der Waals surface area contributed by atoms with Crippen molar-refractivity contribution < 1.29 is 9.53 Å². The van der Waals surface area contributed by atoms with Crippen LogP contribution in [-0.2, 0) is 9.53 Å². The summed E-state index contributed by atoms with van der Waals surface area (Å²) in [4.78, 5) is 12.3. The van der Waals surface area contributed by atoms with E-state index < -0.39 is 0 Å². The van der Waals surface area contributed by atoms with Crippen molar-refractivity contribution in [2.45, 2.75) is 6.92 Å². The third-order valence-corrected chi connectivity index (χ3v) is 0.415. The van der Waals surface area contributed by atoms with E-state index in [1.54, 1.807) is 6.92 Å². The van der Waals surface area contributed by atoms with Gasteiger partial charge in [0.25, 0.3) is 0 Å². The van der Waals surface area contributed by atoms with Crippen LogP contribution in [0.2, 0.25) is 0 Å². The maximum atomic E-state index is 9.11. The predicted octanol–water partition coefficient (Wildman–Crippen LogP) is 1.63. The fourth-order valence-corrected chi connectivity index (χ4v) is 0.133. The third-order valence-electron chi connectivity index (χ3n) is 0.415. The summed E-state index contributed by atoms with van der Waals surface area (Å²) in [6.45, 7) is 8.84. The molecule has 0 saturated heterocycles. The Hall–Kier alpha value is -1.34. The van der Waals surface area contributed by atoms with Gasteiger partial charge in [0.1, 0.15) is 0 Å². The average molecular weight is 141 g/mol. The van der Waals surface area contributed by atoms with Gasteiger partial charge in [-0.3, -0.25) is 0 Å². The topological polar surface area (TPSA) is 38.7 Å². The highest BCUT2D eigenvalue weighted by molar-refractivity contribution is 5.32. The number of aliphatic imine (C=N–C) groups is 1. The van der Waals surface area contributed by atoms with Crippen LogP contribution in [0.1, 0.15) is 6.92 Å². The van der Waals surface area contributed by atoms with Crippen LogP contribution in [0.25, 0.3) is 0 Å². The molecule has 0 aliphatic heterocycles. The molecule has 0 radical (unpaired) electrons. The second kappa shape index (κ2) is 15.6. The maximum absolute atomic E-state index is 9.11. The summed E-state index contributed by atoms with van der Waals surface area (Å²) in [7, 11) is 0. The molecule has 0 N–H and O–H groups in total. The Morgan fingerprint density at radius 2 is 2.10 bits per heavy atom. The normalized spacial score (nSPS) is 5.70. The second-order valence-electron chi connectivity index (χ2n) is 1.04. The Balaban J connectivity index is 0. The van der Waals surface area contributed by atoms with Crippen molar-refractivity contribution in [2.75, 3.05) is 6.54 Å². The van der Waals surface area contributed by atoms with Crippen molar-refractivity contribution in [1.82, 2.24) is 0 Å². The van der Waals surface area contributed by atoms with E-state index in [9.17, 15) is 0 Å². The molecule has 56 valence electrons. The van der Waals surface area contributed by atoms with Gasteiger partial charge in [-0.05, 0) is 6.92 Å². The van der Waals surface area contributed by atoms with Crippen LogP contribution in [0.3, 0.4) is 0 Å². The summed E-state index contributed by atoms with van der Waals surface area (Å²) in [6, 6.07) is 0. The fourth-order valence-electron chi connectivity index (χ4n) is 0.133. The lowest BCUT2D eigenvalue weighted by molar-refractivity contribution is 0.406. The zero-order chi connectivity index (χ0) is 8.24. The number of nitrogens with zero attached hydrogens (tertiary/aromatic N) is 1. The quantitative estimate of drug-likeness (QED) is 0.340. The summed E-state index contributed by atoms with van der Waals surface area (Å²) in [6.07, 6.45) is 4.02. The monoisotopic (exact) mass is 141 g/mol. The molecule has 0 saturated carbocycles. The standard InChI is InChI=1S/C4H6O.C3H5NO/c1-3-5-4-2;1-2-4-3-5/h3-4H,1-2H2;2H2,1H3. The molecule has 0 amide bonds. The molecule has 0 bridgehead atoms. The number of ether oxygens (including phenoxy) is 1. The van der Waals surface area contributed by atoms with Crippen molar-refractivity contribution in [3.05, 3.63) is 25.7 Å². The minimum Gasteiger partial charge on any atom is -0.474 e. The molecule has 0 heterocycles. The molecule has 3 heteroatoms. The predicted molar refractivity (Wildman–Crippen MR) is 40.1 cm³/mol. The number of hydrogen-bond donors (Lipinski definition) is 0. The SMILES string of the molecule is C=COC=C.CCN=C=O. The van der Waals surface area contributed by atoms with Crippen molar-refractivity contribution in [3.8, 4) is 0 Å². The Bertz CT molecular complexity index is 120. The Labute approximate surface area is 60.7 Å². The summed E-state index contributed by atoms with van der Waals surface area (Å²) in [5, 5.41) is 0. The van der Waals surface area contributed by atoms with E-state index in [1.165, 1.54) is 18.6 Å². The highest BCUT2D eigenvalue weighted by Gasteiger charge is 1.52. The molecule has 0 unspecified atom stereocenters. The van der Waals surface area contributed by atoms with Crippen LogP contribution in [-0.4, -0.2) is 12.6 Å². The van der Waals surface area contributed by atoms with E-state index in [4.69, 9.17) is 4.79 Å². The number of isocyanates is 1. The first-order valence-corrected chi connectivity index (χ1v) is 2.74. The average Bonchev–Trinajstić information content (AvgIpc) is 1.93. The van der Waals surface area contributed by atoms with Crippen LogP contribution in [0.15, 0.2) is 30.7 Å². The van der Waals surface area contributed by atoms with Crippen molar-refractivity contribution >= 4 is 6.08 Å². The van der Waals surface area contributed by atoms with Gasteiger partial charge >= 0.3 is 0 Å². The van der Waals surface area contributed by atoms with Gasteiger partial charge in [0.05, 0.1) is 12.5 Å². The highest BCUT2D eigenvalue weighted by Crippen LogP contribution is 1.65. The van der Waals surface area contributed by atoms with Crippen LogP contribution < -0.4 is 0 Å². The van der Waals surface area contributed by atoms with E-state index in [2.05, 4.69) is 22.9 Å². The van der Waals surface area contributed by atoms with Crippen LogP contribution >= 0.6 is 0 Å². The lowest BCUT2D eigenvalue weighted by atomic mass is 10.8. The van der Waals surface area contributed by atoms with E-state index in [0.29, 0.717) is 6.54 Å². The summed E-state index contributed by atoms with van der Waals surface area (Å²) >= 11 is 0. The fraction of sp³-hybridized carbons (Fsp3) is 0.286. The molecule has 0 aromatic rings. The van der Waals surface area contributed by atoms with Gasteiger partial charge < -0.3 is 4.74 Å². The first-order chi connectivity index (χ1) is 4.83. The molecular formula is C7H11NO2. The summed E-state index contributed by atoms with van der Waals surface area (Å²) in [5.74, 6) is 0. The minimum atomic E-state index is 0.545. The molecule has 0 rings (SSSR count). The minimum absolute atomic E-state index is 0.545. The Morgan fingerprint density at radius 3 is 2.10 bits per heavy atom. The third kappa shape index (κ3) is 30.2. The van der Waals surface area contributed by atoms with E-state index in [1.807, 2.05) is 0 Å². The van der Waals surface area contributed by atoms with Gasteiger partial charge in [0, 0.05) is 6.54 Å². The first-order valence-electron chi connectivity index (χ1n) is 2.74. The summed E-state index contributed by atoms with van der Waals surface area (Å²) < 4.78 is 4.36. The number of hydrogen-bond acceptors (Lipinski definition) is 3. The van der Waals surface area contributed by atoms with E-state index in [0.717, 1.165) is 0 Å². The smallest absolute Gasteiger partial charge is 0.234 e. The molecule has 0 aliphatic carbocycles. The van der Waals surface area contributed by atoms with Gasteiger partial charge in [0.2, 0.25) is 6.08 Å². The van der Waals surface area contributed by atoms with Crippen molar-refractivity contribution in [2.24, 2.45) is 4.99 Å². The number of carbonyl (C=O) groups excluding carboxylic acids is 1. The maximum Gasteiger partial charge on any atom is 0.234 e. The van der Waals surface area contributed by atoms with Gasteiger partial charge in [-0.25, -0.2) is 9.79 Å². The highest BCUT2D eigenvalue weighted by atomic mass is 16.5. The molecule has 0 aliphatic rings. The summed E-state index contributed by atoms with van der Waals surface area (Å²) in [5.41, 5.74) is 0. The zero-order valence-corrected chi connectivity index (χ0v) is 6.04. The molecule has 3 nitrogen and oxygen atoms in total. The second-order valence-corrected chi connectivity index (χ2v) is 1.04.